The van der Waals surface area contributed by atoms with Crippen LogP contribution in [0.4, 0.5) is 0 Å². The molecule has 0 aromatic carbocycles. The van der Waals surface area contributed by atoms with Crippen LogP contribution in [0.1, 0.15) is 41.5 Å². The Morgan fingerprint density at radius 2 is 1.55 bits per heavy atom. The minimum absolute atomic E-state index is 0.255. The molecule has 0 aliphatic carbocycles. The predicted octanol–water partition coefficient (Wildman–Crippen LogP) is 2.06. The Hall–Kier alpha value is -0.160. The van der Waals surface area contributed by atoms with Gasteiger partial charge in [0.2, 0.25) is 0 Å². The van der Waals surface area contributed by atoms with Crippen molar-refractivity contribution in [2.45, 2.75) is 58.7 Å². The molecule has 1 atom stereocenters. The number of hydrogen-bond acceptors (Lipinski definition) is 4. The lowest BCUT2D eigenvalue weighted by Crippen LogP contribution is -2.59. The normalized spacial score (nSPS) is 22.8. The molecule has 0 radical (unpaired) electrons. The quantitative estimate of drug-likeness (QED) is 0.770. The fourth-order valence-electron chi connectivity index (χ4n) is 2.86. The summed E-state index contributed by atoms with van der Waals surface area (Å²) in [5.41, 5.74) is 0.538. The van der Waals surface area contributed by atoms with Gasteiger partial charge in [0.25, 0.3) is 0 Å². The van der Waals surface area contributed by atoms with Gasteiger partial charge in [-0.25, -0.2) is 0 Å². The van der Waals surface area contributed by atoms with Crippen LogP contribution in [0.15, 0.2) is 0 Å². The predicted molar refractivity (Wildman–Crippen MR) is 97.6 cm³/mol. The number of piperazine rings is 1. The summed E-state index contributed by atoms with van der Waals surface area (Å²) in [6, 6.07) is 0.637. The van der Waals surface area contributed by atoms with Crippen LogP contribution in [0.25, 0.3) is 0 Å². The Morgan fingerprint density at radius 3 is 2.05 bits per heavy atom. The lowest BCUT2D eigenvalue weighted by atomic mass is 10.0. The highest BCUT2D eigenvalue weighted by Gasteiger charge is 2.31. The molecule has 0 bridgehead atoms. The summed E-state index contributed by atoms with van der Waals surface area (Å²) in [6.45, 7) is 20.8. The van der Waals surface area contributed by atoms with Crippen molar-refractivity contribution < 1.29 is 0 Å². The fraction of sp³-hybridized carbons (Fsp3) is 1.00. The Morgan fingerprint density at radius 1 is 0.955 bits per heavy atom. The van der Waals surface area contributed by atoms with Gasteiger partial charge in [-0.3, -0.25) is 9.80 Å². The van der Waals surface area contributed by atoms with E-state index in [0.29, 0.717) is 6.04 Å². The van der Waals surface area contributed by atoms with Gasteiger partial charge in [-0.05, 0) is 62.7 Å². The molecule has 4 nitrogen and oxygen atoms in total. The lowest BCUT2D eigenvalue weighted by Gasteiger charge is -2.46. The summed E-state index contributed by atoms with van der Waals surface area (Å²) >= 11 is 0. The monoisotopic (exact) mass is 312 g/mol. The van der Waals surface area contributed by atoms with Crippen LogP contribution >= 0.6 is 0 Å². The largest absolute Gasteiger partial charge is 0.303 e. The maximum absolute atomic E-state index is 2.63. The van der Waals surface area contributed by atoms with Crippen molar-refractivity contribution in [1.29, 1.82) is 0 Å². The average Bonchev–Trinajstić information content (AvgIpc) is 2.36. The molecular weight excluding hydrogens is 272 g/mol. The Labute approximate surface area is 139 Å². The standard InChI is InChI=1S/C18H40N4/c1-17(2,3)21(9)12-10-19(7)14-16-15-22(18(4,5)6)13-11-20(16)8/h16H,10-15H2,1-9H3. The number of likely N-dealkylation sites (N-methyl/N-ethyl adjacent to an activating group) is 3. The van der Waals surface area contributed by atoms with E-state index in [-0.39, 0.29) is 11.1 Å². The van der Waals surface area contributed by atoms with E-state index in [4.69, 9.17) is 0 Å². The van der Waals surface area contributed by atoms with Crippen molar-refractivity contribution in [3.05, 3.63) is 0 Å². The van der Waals surface area contributed by atoms with E-state index >= 15 is 0 Å². The highest BCUT2D eigenvalue weighted by Crippen LogP contribution is 2.19. The molecule has 0 N–H and O–H groups in total. The van der Waals surface area contributed by atoms with Gasteiger partial charge in [0.05, 0.1) is 0 Å². The summed E-state index contributed by atoms with van der Waals surface area (Å²) in [7, 11) is 6.77. The maximum atomic E-state index is 2.63. The molecule has 0 aromatic rings. The topological polar surface area (TPSA) is 13.0 Å². The zero-order valence-corrected chi connectivity index (χ0v) is 16.6. The van der Waals surface area contributed by atoms with Gasteiger partial charge in [0.15, 0.2) is 0 Å². The zero-order valence-electron chi connectivity index (χ0n) is 16.6. The third-order valence-electron chi connectivity index (χ3n) is 5.21. The SMILES string of the molecule is CN(CCN(C)C(C)(C)C)CC1CN(C(C)(C)C)CCN1C. The summed E-state index contributed by atoms with van der Waals surface area (Å²) in [5.74, 6) is 0. The fourth-order valence-corrected chi connectivity index (χ4v) is 2.86. The molecule has 1 aliphatic rings. The second-order valence-corrected chi connectivity index (χ2v) is 9.11. The van der Waals surface area contributed by atoms with E-state index in [1.54, 1.807) is 0 Å². The third kappa shape index (κ3) is 6.15. The molecular formula is C18H40N4. The molecule has 22 heavy (non-hydrogen) atoms. The van der Waals surface area contributed by atoms with E-state index < -0.39 is 0 Å². The van der Waals surface area contributed by atoms with Crippen molar-refractivity contribution >= 4 is 0 Å². The molecule has 0 spiro atoms. The van der Waals surface area contributed by atoms with Crippen molar-refractivity contribution in [3.63, 3.8) is 0 Å². The summed E-state index contributed by atoms with van der Waals surface area (Å²) in [5, 5.41) is 0. The molecule has 1 heterocycles. The van der Waals surface area contributed by atoms with Crippen molar-refractivity contribution in [1.82, 2.24) is 19.6 Å². The van der Waals surface area contributed by atoms with Gasteiger partial charge in [0, 0.05) is 56.4 Å². The number of hydrogen-bond donors (Lipinski definition) is 0. The van der Waals surface area contributed by atoms with E-state index in [1.165, 1.54) is 19.6 Å². The molecule has 0 saturated carbocycles. The average molecular weight is 313 g/mol. The van der Waals surface area contributed by atoms with Gasteiger partial charge < -0.3 is 9.80 Å². The third-order valence-corrected chi connectivity index (χ3v) is 5.21. The molecule has 1 aliphatic heterocycles. The smallest absolute Gasteiger partial charge is 0.0348 e. The van der Waals surface area contributed by atoms with Crippen LogP contribution in [0.3, 0.4) is 0 Å². The van der Waals surface area contributed by atoms with Crippen LogP contribution < -0.4 is 0 Å². The molecule has 0 aromatic heterocycles. The van der Waals surface area contributed by atoms with Crippen LogP contribution in [0.5, 0.6) is 0 Å². The Balaban J connectivity index is 2.46. The van der Waals surface area contributed by atoms with Crippen LogP contribution in [0.2, 0.25) is 0 Å². The molecule has 1 unspecified atom stereocenters. The van der Waals surface area contributed by atoms with E-state index in [0.717, 1.165) is 19.6 Å². The number of nitrogens with zero attached hydrogens (tertiary/aromatic N) is 4. The first kappa shape index (κ1) is 19.9. The van der Waals surface area contributed by atoms with Gasteiger partial charge in [-0.15, -0.1) is 0 Å². The summed E-state index contributed by atoms with van der Waals surface area (Å²) in [4.78, 5) is 10.1. The first-order chi connectivity index (χ1) is 9.91. The highest BCUT2D eigenvalue weighted by atomic mass is 15.3. The zero-order chi connectivity index (χ0) is 17.1. The maximum Gasteiger partial charge on any atom is 0.0348 e. The van der Waals surface area contributed by atoms with Crippen molar-refractivity contribution in [2.24, 2.45) is 0 Å². The Kier molecular flexibility index (Phi) is 6.88. The molecule has 1 saturated heterocycles. The molecule has 1 rings (SSSR count). The first-order valence-corrected chi connectivity index (χ1v) is 8.76. The van der Waals surface area contributed by atoms with Crippen molar-refractivity contribution in [3.8, 4) is 0 Å². The minimum atomic E-state index is 0.255. The van der Waals surface area contributed by atoms with Gasteiger partial charge in [0.1, 0.15) is 0 Å². The summed E-state index contributed by atoms with van der Waals surface area (Å²) in [6.07, 6.45) is 0. The Bertz CT molecular complexity index is 329. The molecule has 4 heteroatoms. The van der Waals surface area contributed by atoms with Crippen LogP contribution in [-0.4, -0.2) is 97.1 Å². The second kappa shape index (κ2) is 7.61. The lowest BCUT2D eigenvalue weighted by molar-refractivity contribution is 0.0221. The highest BCUT2D eigenvalue weighted by molar-refractivity contribution is 4.88. The van der Waals surface area contributed by atoms with E-state index in [2.05, 4.69) is 82.3 Å². The van der Waals surface area contributed by atoms with Crippen LogP contribution in [-0.2, 0) is 0 Å². The van der Waals surface area contributed by atoms with E-state index in [9.17, 15) is 0 Å². The van der Waals surface area contributed by atoms with Gasteiger partial charge in [-0.1, -0.05) is 0 Å². The van der Waals surface area contributed by atoms with Crippen molar-refractivity contribution in [2.75, 3.05) is 60.4 Å². The van der Waals surface area contributed by atoms with Gasteiger partial charge in [-0.2, -0.15) is 0 Å². The molecule has 0 amide bonds. The van der Waals surface area contributed by atoms with Gasteiger partial charge >= 0.3 is 0 Å². The van der Waals surface area contributed by atoms with E-state index in [1.807, 2.05) is 0 Å². The number of rotatable bonds is 5. The van der Waals surface area contributed by atoms with Crippen LogP contribution in [0, 0.1) is 0 Å². The first-order valence-electron chi connectivity index (χ1n) is 8.76. The second-order valence-electron chi connectivity index (χ2n) is 9.11. The molecule has 1 fully saturated rings. The molecule has 132 valence electrons. The summed E-state index contributed by atoms with van der Waals surface area (Å²) < 4.78 is 0. The minimum Gasteiger partial charge on any atom is -0.303 e.